The van der Waals surface area contributed by atoms with E-state index in [9.17, 15) is 9.59 Å². The summed E-state index contributed by atoms with van der Waals surface area (Å²) in [5.41, 5.74) is 0.787. The predicted octanol–water partition coefficient (Wildman–Crippen LogP) is 3.56. The highest BCUT2D eigenvalue weighted by molar-refractivity contribution is 5.93. The number of anilines is 1. The lowest BCUT2D eigenvalue weighted by atomic mass is 9.74. The molecule has 0 radical (unpaired) electrons. The first kappa shape index (κ1) is 23.8. The molecule has 1 aromatic rings. The first-order valence-corrected chi connectivity index (χ1v) is 12.2. The third-order valence-corrected chi connectivity index (χ3v) is 7.28. The van der Waals surface area contributed by atoms with E-state index in [1.165, 1.54) is 5.56 Å². The Hall–Kier alpha value is -2.35. The number of aromatic nitrogens is 1. The van der Waals surface area contributed by atoms with Crippen LogP contribution >= 0.6 is 0 Å². The molecule has 4 rings (SSSR count). The molecule has 33 heavy (non-hydrogen) atoms. The lowest BCUT2D eigenvalue weighted by Crippen LogP contribution is -2.49. The van der Waals surface area contributed by atoms with E-state index < -0.39 is 5.60 Å². The van der Waals surface area contributed by atoms with Crippen molar-refractivity contribution in [2.75, 3.05) is 58.3 Å². The summed E-state index contributed by atoms with van der Waals surface area (Å²) in [6.45, 7) is 11.2. The third-order valence-electron chi connectivity index (χ3n) is 7.28. The minimum atomic E-state index is -0.446. The molecule has 0 N–H and O–H groups in total. The number of carbonyl (C=O) groups excluding carboxylic acids is 2. The Bertz CT molecular complexity index is 865. The average Bonchev–Trinajstić information content (AvgIpc) is 3.08. The van der Waals surface area contributed by atoms with Gasteiger partial charge in [-0.25, -0.2) is 14.6 Å². The summed E-state index contributed by atoms with van der Waals surface area (Å²) >= 11 is 0. The summed E-state index contributed by atoms with van der Waals surface area (Å²) in [6.07, 6.45) is 5.73. The smallest absolute Gasteiger partial charge is 0.410 e. The van der Waals surface area contributed by atoms with Gasteiger partial charge in [-0.3, -0.25) is 4.90 Å². The first-order chi connectivity index (χ1) is 15.6. The topological polar surface area (TPSA) is 69.2 Å². The molecule has 8 nitrogen and oxygen atoms in total. The van der Waals surface area contributed by atoms with Gasteiger partial charge in [0.2, 0.25) is 0 Å². The van der Waals surface area contributed by atoms with Gasteiger partial charge in [-0.15, -0.1) is 0 Å². The van der Waals surface area contributed by atoms with Crippen LogP contribution in [0, 0.1) is 5.92 Å². The molecule has 0 aliphatic carbocycles. The van der Waals surface area contributed by atoms with Crippen LogP contribution in [-0.4, -0.2) is 90.8 Å². The van der Waals surface area contributed by atoms with Crippen molar-refractivity contribution in [1.29, 1.82) is 0 Å². The van der Waals surface area contributed by atoms with Crippen LogP contribution in [0.3, 0.4) is 0 Å². The maximum absolute atomic E-state index is 12.8. The van der Waals surface area contributed by atoms with Crippen molar-refractivity contribution >= 4 is 17.9 Å². The van der Waals surface area contributed by atoms with Gasteiger partial charge in [0.1, 0.15) is 11.4 Å². The fourth-order valence-corrected chi connectivity index (χ4v) is 5.47. The Morgan fingerprint density at radius 2 is 1.82 bits per heavy atom. The molecule has 3 aliphatic rings. The van der Waals surface area contributed by atoms with E-state index in [1.807, 2.05) is 36.6 Å². The van der Waals surface area contributed by atoms with E-state index in [0.717, 1.165) is 70.8 Å². The van der Waals surface area contributed by atoms with E-state index in [4.69, 9.17) is 4.74 Å². The van der Waals surface area contributed by atoms with Crippen molar-refractivity contribution in [1.82, 2.24) is 19.7 Å². The highest BCUT2D eigenvalue weighted by atomic mass is 16.6. The number of piperidine rings is 2. The number of hydrogen-bond donors (Lipinski definition) is 0. The van der Waals surface area contributed by atoms with Crippen molar-refractivity contribution in [3.63, 3.8) is 0 Å². The summed E-state index contributed by atoms with van der Waals surface area (Å²) in [6, 6.07) is 4.16. The molecule has 4 heterocycles. The maximum atomic E-state index is 12.8. The van der Waals surface area contributed by atoms with E-state index in [0.29, 0.717) is 5.92 Å². The van der Waals surface area contributed by atoms with Crippen LogP contribution in [-0.2, 0) is 10.2 Å². The molecule has 2 saturated heterocycles. The Labute approximate surface area is 197 Å². The SMILES string of the molecule is CN(C)C(=O)N1CC2(CCN(CC3CCN(C(=O)OC(C)(C)C)CC3)CC2)c2cccnc21. The summed E-state index contributed by atoms with van der Waals surface area (Å²) < 4.78 is 5.53. The van der Waals surface area contributed by atoms with Crippen LogP contribution in [0.1, 0.15) is 52.0 Å². The standard InChI is InChI=1S/C25H39N5O3/c1-24(2,3)33-23(32)29-13-8-19(9-14-29)17-28-15-10-25(11-16-28)18-30(22(31)27(4)5)21-20(25)7-6-12-26-21/h6-7,12,19H,8-11,13-18H2,1-5H3. The van der Waals surface area contributed by atoms with Gasteiger partial charge in [0.25, 0.3) is 0 Å². The molecule has 3 aliphatic heterocycles. The van der Waals surface area contributed by atoms with Crippen LogP contribution in [0.15, 0.2) is 18.3 Å². The molecule has 8 heteroatoms. The Morgan fingerprint density at radius 3 is 2.42 bits per heavy atom. The quantitative estimate of drug-likeness (QED) is 0.679. The van der Waals surface area contributed by atoms with Gasteiger partial charge in [0.05, 0.1) is 0 Å². The predicted molar refractivity (Wildman–Crippen MR) is 129 cm³/mol. The highest BCUT2D eigenvalue weighted by Crippen LogP contribution is 2.46. The second-order valence-corrected chi connectivity index (χ2v) is 11.1. The molecule has 0 unspecified atom stereocenters. The molecule has 2 fully saturated rings. The molecule has 0 aromatic carbocycles. The number of amides is 3. The number of nitrogens with zero attached hydrogens (tertiary/aromatic N) is 5. The molecular formula is C25H39N5O3. The molecule has 1 aromatic heterocycles. The molecule has 0 bridgehead atoms. The molecule has 0 saturated carbocycles. The van der Waals surface area contributed by atoms with Crippen LogP contribution in [0.2, 0.25) is 0 Å². The highest BCUT2D eigenvalue weighted by Gasteiger charge is 2.47. The summed E-state index contributed by atoms with van der Waals surface area (Å²) in [5, 5.41) is 0. The number of pyridine rings is 1. The molecule has 3 amide bonds. The average molecular weight is 458 g/mol. The van der Waals surface area contributed by atoms with Gasteiger partial charge in [-0.2, -0.15) is 0 Å². The minimum absolute atomic E-state index is 0.00556. The van der Waals surface area contributed by atoms with Gasteiger partial charge in [0.15, 0.2) is 0 Å². The minimum Gasteiger partial charge on any atom is -0.444 e. The second kappa shape index (κ2) is 9.12. The van der Waals surface area contributed by atoms with Gasteiger partial charge in [-0.1, -0.05) is 6.07 Å². The maximum Gasteiger partial charge on any atom is 0.410 e. The van der Waals surface area contributed by atoms with Crippen LogP contribution < -0.4 is 4.90 Å². The van der Waals surface area contributed by atoms with Gasteiger partial charge < -0.3 is 19.4 Å². The lowest BCUT2D eigenvalue weighted by Gasteiger charge is -2.42. The van der Waals surface area contributed by atoms with Crippen molar-refractivity contribution in [2.45, 2.75) is 57.5 Å². The molecule has 1 spiro atoms. The van der Waals surface area contributed by atoms with Gasteiger partial charge in [0, 0.05) is 57.4 Å². The Kier molecular flexibility index (Phi) is 6.58. The number of hydrogen-bond acceptors (Lipinski definition) is 5. The number of urea groups is 1. The number of carbonyl (C=O) groups is 2. The van der Waals surface area contributed by atoms with Crippen molar-refractivity contribution in [2.24, 2.45) is 5.92 Å². The van der Waals surface area contributed by atoms with Gasteiger partial charge in [-0.05, 0) is 71.5 Å². The van der Waals surface area contributed by atoms with E-state index in [1.54, 1.807) is 25.2 Å². The molecular weight excluding hydrogens is 418 g/mol. The Balaban J connectivity index is 1.31. The largest absolute Gasteiger partial charge is 0.444 e. The van der Waals surface area contributed by atoms with Crippen molar-refractivity contribution in [3.05, 3.63) is 23.9 Å². The number of rotatable bonds is 2. The number of likely N-dealkylation sites (tertiary alicyclic amines) is 2. The zero-order valence-electron chi connectivity index (χ0n) is 20.8. The second-order valence-electron chi connectivity index (χ2n) is 11.1. The van der Waals surface area contributed by atoms with Crippen LogP contribution in [0.5, 0.6) is 0 Å². The van der Waals surface area contributed by atoms with Gasteiger partial charge >= 0.3 is 12.1 Å². The first-order valence-electron chi connectivity index (χ1n) is 12.2. The van der Waals surface area contributed by atoms with Crippen molar-refractivity contribution in [3.8, 4) is 0 Å². The molecule has 182 valence electrons. The zero-order chi connectivity index (χ0) is 23.8. The molecule has 0 atom stereocenters. The fraction of sp³-hybridized carbons (Fsp3) is 0.720. The van der Waals surface area contributed by atoms with Crippen molar-refractivity contribution < 1.29 is 14.3 Å². The normalized spacial score (nSPS) is 21.2. The monoisotopic (exact) mass is 457 g/mol. The van der Waals surface area contributed by atoms with Crippen LogP contribution in [0.4, 0.5) is 15.4 Å². The number of fused-ring (bicyclic) bond motifs is 2. The fourth-order valence-electron chi connectivity index (χ4n) is 5.47. The van der Waals surface area contributed by atoms with Crippen LogP contribution in [0.25, 0.3) is 0 Å². The summed E-state index contributed by atoms with van der Waals surface area (Å²) in [5.74, 6) is 1.45. The van der Waals surface area contributed by atoms with E-state index in [2.05, 4.69) is 16.0 Å². The number of ether oxygens (including phenoxy) is 1. The third kappa shape index (κ3) is 5.10. The Morgan fingerprint density at radius 1 is 1.15 bits per heavy atom. The zero-order valence-corrected chi connectivity index (χ0v) is 20.8. The lowest BCUT2D eigenvalue weighted by molar-refractivity contribution is 0.0162. The summed E-state index contributed by atoms with van der Waals surface area (Å²) in [7, 11) is 3.60. The van der Waals surface area contributed by atoms with E-state index >= 15 is 0 Å². The summed E-state index contributed by atoms with van der Waals surface area (Å²) in [4.78, 5) is 37.6. The van der Waals surface area contributed by atoms with E-state index in [-0.39, 0.29) is 17.5 Å².